The molecule has 2 rings (SSSR count). The third kappa shape index (κ3) is 3.44. The monoisotopic (exact) mass is 303 g/mol. The molecule has 0 aliphatic rings. The van der Waals surface area contributed by atoms with Crippen LogP contribution < -0.4 is 9.04 Å². The van der Waals surface area contributed by atoms with Gasteiger partial charge in [-0.2, -0.15) is 0 Å². The number of nitrogens with zero attached hydrogens (tertiary/aromatic N) is 1. The number of rotatable bonds is 6. The Labute approximate surface area is 125 Å². The molecular formula is C16H17NO3S. The second-order valence-corrected chi connectivity index (χ2v) is 6.35. The first-order chi connectivity index (χ1) is 10.1. The lowest BCUT2D eigenvalue weighted by Gasteiger charge is -2.19. The average Bonchev–Trinajstić information content (AvgIpc) is 2.53. The summed E-state index contributed by atoms with van der Waals surface area (Å²) >= 11 is 0. The Bertz CT molecular complexity index is 694. The van der Waals surface area contributed by atoms with Crippen LogP contribution in [0.1, 0.15) is 0 Å². The van der Waals surface area contributed by atoms with Crippen molar-refractivity contribution in [2.45, 2.75) is 4.90 Å². The van der Waals surface area contributed by atoms with Gasteiger partial charge in [0.1, 0.15) is 12.4 Å². The van der Waals surface area contributed by atoms with Gasteiger partial charge in [0.15, 0.2) is 0 Å². The SMILES string of the molecule is C=CCOc1ccc(N(C)S(=O)(=O)c2ccccc2)cc1. The van der Waals surface area contributed by atoms with E-state index in [9.17, 15) is 8.42 Å². The van der Waals surface area contributed by atoms with Gasteiger partial charge in [-0.25, -0.2) is 8.42 Å². The summed E-state index contributed by atoms with van der Waals surface area (Å²) in [6.07, 6.45) is 1.65. The molecule has 0 aromatic heterocycles. The fourth-order valence-corrected chi connectivity index (χ4v) is 3.01. The minimum absolute atomic E-state index is 0.263. The van der Waals surface area contributed by atoms with Gasteiger partial charge in [-0.15, -0.1) is 0 Å². The Morgan fingerprint density at radius 2 is 1.71 bits per heavy atom. The van der Waals surface area contributed by atoms with Crippen molar-refractivity contribution in [3.8, 4) is 5.75 Å². The highest BCUT2D eigenvalue weighted by atomic mass is 32.2. The summed E-state index contributed by atoms with van der Waals surface area (Å²) in [5.41, 5.74) is 0.574. The molecule has 4 nitrogen and oxygen atoms in total. The molecular weight excluding hydrogens is 286 g/mol. The molecule has 5 heteroatoms. The highest BCUT2D eigenvalue weighted by Gasteiger charge is 2.20. The number of hydrogen-bond acceptors (Lipinski definition) is 3. The number of ether oxygens (including phenoxy) is 1. The van der Waals surface area contributed by atoms with Crippen LogP contribution in [-0.4, -0.2) is 22.1 Å². The van der Waals surface area contributed by atoms with Crippen molar-refractivity contribution in [1.82, 2.24) is 0 Å². The number of hydrogen-bond donors (Lipinski definition) is 0. The van der Waals surface area contributed by atoms with Crippen molar-refractivity contribution >= 4 is 15.7 Å². The zero-order valence-corrected chi connectivity index (χ0v) is 12.6. The van der Waals surface area contributed by atoms with Crippen molar-refractivity contribution in [2.75, 3.05) is 18.0 Å². The van der Waals surface area contributed by atoms with E-state index < -0.39 is 10.0 Å². The van der Waals surface area contributed by atoms with Crippen LogP contribution in [0.15, 0.2) is 72.1 Å². The summed E-state index contributed by atoms with van der Waals surface area (Å²) < 4.78 is 31.6. The Kier molecular flexibility index (Phi) is 4.65. The van der Waals surface area contributed by atoms with E-state index in [2.05, 4.69) is 6.58 Å². The molecule has 0 spiro atoms. The summed E-state index contributed by atoms with van der Waals surface area (Å²) in [5, 5.41) is 0. The van der Waals surface area contributed by atoms with Gasteiger partial charge < -0.3 is 4.74 Å². The van der Waals surface area contributed by atoms with Crippen molar-refractivity contribution in [3.05, 3.63) is 67.3 Å². The molecule has 2 aromatic carbocycles. The average molecular weight is 303 g/mol. The molecule has 0 saturated heterocycles. The number of anilines is 1. The fourth-order valence-electron chi connectivity index (χ4n) is 1.80. The van der Waals surface area contributed by atoms with Crippen LogP contribution in [-0.2, 0) is 10.0 Å². The predicted octanol–water partition coefficient (Wildman–Crippen LogP) is 3.08. The third-order valence-corrected chi connectivity index (χ3v) is 4.77. The molecule has 0 saturated carbocycles. The van der Waals surface area contributed by atoms with E-state index in [-0.39, 0.29) is 4.90 Å². The normalized spacial score (nSPS) is 10.9. The Morgan fingerprint density at radius 1 is 1.10 bits per heavy atom. The van der Waals surface area contributed by atoms with E-state index >= 15 is 0 Å². The van der Waals surface area contributed by atoms with Crippen molar-refractivity contribution in [1.29, 1.82) is 0 Å². The van der Waals surface area contributed by atoms with Gasteiger partial charge >= 0.3 is 0 Å². The first-order valence-corrected chi connectivity index (χ1v) is 7.87. The molecule has 0 N–H and O–H groups in total. The highest BCUT2D eigenvalue weighted by Crippen LogP contribution is 2.24. The second-order valence-electron chi connectivity index (χ2n) is 4.38. The maximum atomic E-state index is 12.5. The molecule has 0 unspecified atom stereocenters. The van der Waals surface area contributed by atoms with Crippen LogP contribution in [0.3, 0.4) is 0 Å². The fraction of sp³-hybridized carbons (Fsp3) is 0.125. The molecule has 21 heavy (non-hydrogen) atoms. The molecule has 2 aromatic rings. The Balaban J connectivity index is 2.23. The van der Waals surface area contributed by atoms with Gasteiger partial charge in [-0.05, 0) is 36.4 Å². The van der Waals surface area contributed by atoms with Crippen molar-refractivity contribution < 1.29 is 13.2 Å². The van der Waals surface area contributed by atoms with Gasteiger partial charge in [-0.1, -0.05) is 30.9 Å². The predicted molar refractivity (Wildman–Crippen MR) is 84.2 cm³/mol. The van der Waals surface area contributed by atoms with E-state index in [1.54, 1.807) is 60.7 Å². The van der Waals surface area contributed by atoms with Gasteiger partial charge in [0, 0.05) is 7.05 Å². The van der Waals surface area contributed by atoms with Crippen LogP contribution >= 0.6 is 0 Å². The molecule has 0 bridgehead atoms. The summed E-state index contributed by atoms with van der Waals surface area (Å²) in [4.78, 5) is 0.263. The van der Waals surface area contributed by atoms with Crippen LogP contribution in [0.5, 0.6) is 5.75 Å². The minimum Gasteiger partial charge on any atom is -0.490 e. The molecule has 0 heterocycles. The minimum atomic E-state index is -3.55. The van der Waals surface area contributed by atoms with Crippen molar-refractivity contribution in [3.63, 3.8) is 0 Å². The van der Waals surface area contributed by atoms with Crippen molar-refractivity contribution in [2.24, 2.45) is 0 Å². The van der Waals surface area contributed by atoms with E-state index in [0.29, 0.717) is 18.0 Å². The molecule has 0 amide bonds. The Morgan fingerprint density at radius 3 is 2.29 bits per heavy atom. The first-order valence-electron chi connectivity index (χ1n) is 6.43. The first kappa shape index (κ1) is 15.1. The third-order valence-electron chi connectivity index (χ3n) is 2.97. The molecule has 0 atom stereocenters. The maximum Gasteiger partial charge on any atom is 0.264 e. The van der Waals surface area contributed by atoms with E-state index in [1.165, 1.54) is 11.4 Å². The highest BCUT2D eigenvalue weighted by molar-refractivity contribution is 7.92. The van der Waals surface area contributed by atoms with E-state index in [4.69, 9.17) is 4.74 Å². The zero-order valence-electron chi connectivity index (χ0n) is 11.8. The van der Waals surface area contributed by atoms with Gasteiger partial charge in [0.25, 0.3) is 10.0 Å². The Hall–Kier alpha value is -2.27. The van der Waals surface area contributed by atoms with E-state index in [1.807, 2.05) is 0 Å². The van der Waals surface area contributed by atoms with Gasteiger partial charge in [0.2, 0.25) is 0 Å². The lowest BCUT2D eigenvalue weighted by molar-refractivity contribution is 0.363. The summed E-state index contributed by atoms with van der Waals surface area (Å²) in [5.74, 6) is 0.671. The van der Waals surface area contributed by atoms with E-state index in [0.717, 1.165) is 0 Å². The molecule has 0 aliphatic carbocycles. The zero-order chi connectivity index (χ0) is 15.3. The van der Waals surface area contributed by atoms with Crippen LogP contribution in [0.4, 0.5) is 5.69 Å². The van der Waals surface area contributed by atoms with Crippen LogP contribution in [0.25, 0.3) is 0 Å². The summed E-state index contributed by atoms with van der Waals surface area (Å²) in [6, 6.07) is 15.2. The lowest BCUT2D eigenvalue weighted by Crippen LogP contribution is -2.26. The second kappa shape index (κ2) is 6.45. The quantitative estimate of drug-likeness (QED) is 0.770. The van der Waals surface area contributed by atoms with Crippen LogP contribution in [0, 0.1) is 0 Å². The lowest BCUT2D eigenvalue weighted by atomic mass is 10.3. The number of sulfonamides is 1. The molecule has 0 aliphatic heterocycles. The smallest absolute Gasteiger partial charge is 0.264 e. The molecule has 0 fully saturated rings. The topological polar surface area (TPSA) is 46.6 Å². The number of benzene rings is 2. The standard InChI is InChI=1S/C16H17NO3S/c1-3-13-20-15-11-9-14(10-12-15)17(2)21(18,19)16-7-5-4-6-8-16/h3-12H,1,13H2,2H3. The largest absolute Gasteiger partial charge is 0.490 e. The molecule has 110 valence electrons. The molecule has 0 radical (unpaired) electrons. The summed E-state index contributed by atoms with van der Waals surface area (Å²) in [6.45, 7) is 3.99. The van der Waals surface area contributed by atoms with Gasteiger partial charge in [-0.3, -0.25) is 4.31 Å². The van der Waals surface area contributed by atoms with Crippen LogP contribution in [0.2, 0.25) is 0 Å². The van der Waals surface area contributed by atoms with Gasteiger partial charge in [0.05, 0.1) is 10.6 Å². The maximum absolute atomic E-state index is 12.5. The summed E-state index contributed by atoms with van der Waals surface area (Å²) in [7, 11) is -2.02.